The van der Waals surface area contributed by atoms with Gasteiger partial charge in [-0.1, -0.05) is 0 Å². The molecule has 0 saturated carbocycles. The Labute approximate surface area is 100 Å². The normalized spacial score (nSPS) is 17.2. The summed E-state index contributed by atoms with van der Waals surface area (Å²) in [7, 11) is 0. The number of aldehydes is 1. The average Bonchev–Trinajstić information content (AvgIpc) is 2.71. The Morgan fingerprint density at radius 2 is 2.18 bits per heavy atom. The van der Waals surface area contributed by atoms with Gasteiger partial charge in [-0.05, 0) is 6.42 Å². The molecular formula is C11H18N4O2. The van der Waals surface area contributed by atoms with Crippen molar-refractivity contribution < 1.29 is 9.53 Å². The Bertz CT molecular complexity index is 372. The predicted molar refractivity (Wildman–Crippen MR) is 63.9 cm³/mol. The topological polar surface area (TPSA) is 73.4 Å². The highest BCUT2D eigenvalue weighted by molar-refractivity contribution is 5.80. The van der Waals surface area contributed by atoms with E-state index in [1.165, 1.54) is 0 Å². The maximum atomic E-state index is 10.6. The van der Waals surface area contributed by atoms with Gasteiger partial charge in [0.2, 0.25) is 0 Å². The van der Waals surface area contributed by atoms with Gasteiger partial charge in [-0.15, -0.1) is 0 Å². The van der Waals surface area contributed by atoms with Gasteiger partial charge in [0.15, 0.2) is 12.1 Å². The molecule has 0 bridgehead atoms. The fraction of sp³-hybridized carbons (Fsp3) is 0.636. The molecule has 1 aliphatic heterocycles. The quantitative estimate of drug-likeness (QED) is 0.731. The fourth-order valence-electron chi connectivity index (χ4n) is 1.94. The van der Waals surface area contributed by atoms with E-state index in [-0.39, 0.29) is 0 Å². The third-order valence-electron chi connectivity index (χ3n) is 2.91. The minimum absolute atomic E-state index is 0.311. The van der Waals surface area contributed by atoms with Crippen molar-refractivity contribution in [1.82, 2.24) is 14.7 Å². The van der Waals surface area contributed by atoms with Crippen molar-refractivity contribution in [2.45, 2.75) is 13.0 Å². The number of carbonyl (C=O) groups excluding carboxylic acids is 1. The average molecular weight is 238 g/mol. The van der Waals surface area contributed by atoms with E-state index in [4.69, 9.17) is 10.5 Å². The monoisotopic (exact) mass is 238 g/mol. The molecular weight excluding hydrogens is 220 g/mol. The SMILES string of the molecule is Nc1nn(CCCN2CCOCC2)cc1C=O. The third-order valence-corrected chi connectivity index (χ3v) is 2.91. The van der Waals surface area contributed by atoms with Crippen LogP contribution < -0.4 is 5.73 Å². The lowest BCUT2D eigenvalue weighted by Gasteiger charge is -2.26. The number of nitrogen functional groups attached to an aromatic ring is 1. The summed E-state index contributed by atoms with van der Waals surface area (Å²) in [6, 6.07) is 0. The number of hydrogen-bond donors (Lipinski definition) is 1. The molecule has 0 aliphatic carbocycles. The molecule has 0 amide bonds. The maximum absolute atomic E-state index is 10.6. The summed E-state index contributed by atoms with van der Waals surface area (Å²) in [5.41, 5.74) is 6.05. The largest absolute Gasteiger partial charge is 0.382 e. The van der Waals surface area contributed by atoms with E-state index in [1.54, 1.807) is 10.9 Å². The van der Waals surface area contributed by atoms with E-state index in [0.29, 0.717) is 11.4 Å². The van der Waals surface area contributed by atoms with E-state index in [2.05, 4.69) is 10.00 Å². The van der Waals surface area contributed by atoms with E-state index in [0.717, 1.165) is 52.1 Å². The van der Waals surface area contributed by atoms with Crippen LogP contribution in [0.1, 0.15) is 16.8 Å². The second kappa shape index (κ2) is 5.79. The maximum Gasteiger partial charge on any atom is 0.156 e. The summed E-state index contributed by atoms with van der Waals surface area (Å²) in [6.45, 7) is 5.46. The van der Waals surface area contributed by atoms with Crippen molar-refractivity contribution >= 4 is 12.1 Å². The first-order chi connectivity index (χ1) is 8.29. The molecule has 0 unspecified atom stereocenters. The smallest absolute Gasteiger partial charge is 0.156 e. The van der Waals surface area contributed by atoms with Gasteiger partial charge >= 0.3 is 0 Å². The summed E-state index contributed by atoms with van der Waals surface area (Å²) >= 11 is 0. The van der Waals surface area contributed by atoms with Crippen molar-refractivity contribution in [1.29, 1.82) is 0 Å². The third kappa shape index (κ3) is 3.28. The molecule has 1 aliphatic rings. The fourth-order valence-corrected chi connectivity index (χ4v) is 1.94. The van der Waals surface area contributed by atoms with Gasteiger partial charge in [0.05, 0.1) is 18.8 Å². The van der Waals surface area contributed by atoms with Crippen molar-refractivity contribution in [3.8, 4) is 0 Å². The van der Waals surface area contributed by atoms with Gasteiger partial charge in [0.25, 0.3) is 0 Å². The number of aromatic nitrogens is 2. The Morgan fingerprint density at radius 1 is 1.41 bits per heavy atom. The molecule has 2 heterocycles. The highest BCUT2D eigenvalue weighted by Gasteiger charge is 2.10. The highest BCUT2D eigenvalue weighted by atomic mass is 16.5. The predicted octanol–water partition coefficient (Wildman–Crippen LogP) is 0.0001000. The standard InChI is InChI=1S/C11H18N4O2/c12-11-10(9-16)8-15(13-11)3-1-2-14-4-6-17-7-5-14/h8-9H,1-7H2,(H2,12,13). The number of aryl methyl sites for hydroxylation is 1. The minimum Gasteiger partial charge on any atom is -0.382 e. The summed E-state index contributed by atoms with van der Waals surface area (Å²) < 4.78 is 7.02. The molecule has 17 heavy (non-hydrogen) atoms. The summed E-state index contributed by atoms with van der Waals surface area (Å²) in [4.78, 5) is 13.0. The Balaban J connectivity index is 1.75. The lowest BCUT2D eigenvalue weighted by molar-refractivity contribution is 0.0368. The van der Waals surface area contributed by atoms with Crippen LogP contribution in [-0.2, 0) is 11.3 Å². The molecule has 94 valence electrons. The molecule has 0 aromatic carbocycles. The molecule has 0 radical (unpaired) electrons. The van der Waals surface area contributed by atoms with Crippen LogP contribution >= 0.6 is 0 Å². The van der Waals surface area contributed by atoms with Crippen LogP contribution in [0, 0.1) is 0 Å². The van der Waals surface area contributed by atoms with Gasteiger partial charge < -0.3 is 10.5 Å². The molecule has 1 aromatic heterocycles. The van der Waals surface area contributed by atoms with Crippen molar-refractivity contribution in [3.63, 3.8) is 0 Å². The Hall–Kier alpha value is -1.40. The summed E-state index contributed by atoms with van der Waals surface area (Å²) in [5.74, 6) is 0.311. The second-order valence-corrected chi connectivity index (χ2v) is 4.16. The number of nitrogens with two attached hydrogens (primary N) is 1. The number of carbonyl (C=O) groups is 1. The molecule has 2 rings (SSSR count). The van der Waals surface area contributed by atoms with Gasteiger partial charge in [-0.3, -0.25) is 14.4 Å². The number of hydrogen-bond acceptors (Lipinski definition) is 5. The van der Waals surface area contributed by atoms with Crippen LogP contribution in [0.5, 0.6) is 0 Å². The van der Waals surface area contributed by atoms with Gasteiger partial charge in [-0.2, -0.15) is 5.10 Å². The van der Waals surface area contributed by atoms with Crippen LogP contribution in [0.4, 0.5) is 5.82 Å². The minimum atomic E-state index is 0.311. The van der Waals surface area contributed by atoms with E-state index < -0.39 is 0 Å². The number of morpholine rings is 1. The van der Waals surface area contributed by atoms with E-state index in [1.807, 2.05) is 0 Å². The Kier molecular flexibility index (Phi) is 4.11. The Morgan fingerprint density at radius 3 is 2.82 bits per heavy atom. The molecule has 0 atom stereocenters. The van der Waals surface area contributed by atoms with Crippen molar-refractivity contribution in [3.05, 3.63) is 11.8 Å². The molecule has 1 fully saturated rings. The number of nitrogens with zero attached hydrogens (tertiary/aromatic N) is 3. The second-order valence-electron chi connectivity index (χ2n) is 4.16. The zero-order valence-corrected chi connectivity index (χ0v) is 9.84. The van der Waals surface area contributed by atoms with Gasteiger partial charge in [-0.25, -0.2) is 0 Å². The van der Waals surface area contributed by atoms with Crippen LogP contribution in [0.2, 0.25) is 0 Å². The molecule has 6 nitrogen and oxygen atoms in total. The number of anilines is 1. The number of ether oxygens (including phenoxy) is 1. The van der Waals surface area contributed by atoms with E-state index >= 15 is 0 Å². The van der Waals surface area contributed by atoms with Crippen LogP contribution in [0.3, 0.4) is 0 Å². The molecule has 1 saturated heterocycles. The molecule has 2 N–H and O–H groups in total. The van der Waals surface area contributed by atoms with Crippen molar-refractivity contribution in [2.24, 2.45) is 0 Å². The lowest BCUT2D eigenvalue weighted by atomic mass is 10.3. The van der Waals surface area contributed by atoms with E-state index in [9.17, 15) is 4.79 Å². The zero-order chi connectivity index (χ0) is 12.1. The first-order valence-corrected chi connectivity index (χ1v) is 5.88. The first kappa shape index (κ1) is 12.1. The first-order valence-electron chi connectivity index (χ1n) is 5.88. The van der Waals surface area contributed by atoms with Gasteiger partial charge in [0, 0.05) is 32.4 Å². The van der Waals surface area contributed by atoms with Crippen LogP contribution in [0.25, 0.3) is 0 Å². The van der Waals surface area contributed by atoms with Gasteiger partial charge in [0.1, 0.15) is 0 Å². The lowest BCUT2D eigenvalue weighted by Crippen LogP contribution is -2.37. The molecule has 6 heteroatoms. The summed E-state index contributed by atoms with van der Waals surface area (Å²) in [6.07, 6.45) is 3.43. The van der Waals surface area contributed by atoms with Crippen LogP contribution in [-0.4, -0.2) is 53.8 Å². The zero-order valence-electron chi connectivity index (χ0n) is 9.84. The highest BCUT2D eigenvalue weighted by Crippen LogP contribution is 2.06. The molecule has 0 spiro atoms. The van der Waals surface area contributed by atoms with Crippen LogP contribution in [0.15, 0.2) is 6.20 Å². The molecule has 1 aromatic rings. The summed E-state index contributed by atoms with van der Waals surface area (Å²) in [5, 5.41) is 4.08. The number of rotatable bonds is 5. The van der Waals surface area contributed by atoms with Crippen molar-refractivity contribution in [2.75, 3.05) is 38.6 Å².